The molecule has 0 spiro atoms. The fourth-order valence-corrected chi connectivity index (χ4v) is 3.26. The normalized spacial score (nSPS) is 10.8. The maximum atomic E-state index is 12.6. The van der Waals surface area contributed by atoms with Crippen molar-refractivity contribution in [3.8, 4) is 11.5 Å². The molecule has 146 valence electrons. The van der Waals surface area contributed by atoms with Crippen molar-refractivity contribution in [2.75, 3.05) is 14.2 Å². The van der Waals surface area contributed by atoms with Crippen molar-refractivity contribution in [2.45, 2.75) is 20.4 Å². The van der Waals surface area contributed by atoms with Crippen molar-refractivity contribution < 1.29 is 18.7 Å². The van der Waals surface area contributed by atoms with Crippen LogP contribution in [0.2, 0.25) is 5.02 Å². The van der Waals surface area contributed by atoms with Crippen molar-refractivity contribution in [1.82, 2.24) is 5.32 Å². The largest absolute Gasteiger partial charge is 0.497 e. The third kappa shape index (κ3) is 3.82. The number of fused-ring (bicyclic) bond motifs is 1. The van der Waals surface area contributed by atoms with Crippen LogP contribution in [0.25, 0.3) is 11.0 Å². The number of hydrogen-bond acceptors (Lipinski definition) is 5. The zero-order chi connectivity index (χ0) is 20.4. The van der Waals surface area contributed by atoms with Gasteiger partial charge in [-0.2, -0.15) is 0 Å². The molecule has 0 atom stereocenters. The van der Waals surface area contributed by atoms with E-state index < -0.39 is 5.63 Å². The predicted molar refractivity (Wildman–Crippen MR) is 108 cm³/mol. The molecule has 0 aliphatic rings. The van der Waals surface area contributed by atoms with Gasteiger partial charge < -0.3 is 19.2 Å². The molecule has 2 aromatic carbocycles. The summed E-state index contributed by atoms with van der Waals surface area (Å²) in [4.78, 5) is 24.6. The van der Waals surface area contributed by atoms with E-state index >= 15 is 0 Å². The van der Waals surface area contributed by atoms with Gasteiger partial charge in [0.25, 0.3) is 5.91 Å². The van der Waals surface area contributed by atoms with E-state index in [0.717, 1.165) is 16.5 Å². The third-order valence-electron chi connectivity index (χ3n) is 4.52. The molecule has 0 saturated carbocycles. The van der Waals surface area contributed by atoms with Crippen LogP contribution in [0.15, 0.2) is 39.5 Å². The molecular weight excluding hydrogens is 382 g/mol. The molecule has 1 N–H and O–H groups in total. The summed E-state index contributed by atoms with van der Waals surface area (Å²) in [6.07, 6.45) is 0. The van der Waals surface area contributed by atoms with E-state index in [2.05, 4.69) is 5.32 Å². The van der Waals surface area contributed by atoms with E-state index in [1.165, 1.54) is 20.3 Å². The topological polar surface area (TPSA) is 77.8 Å². The van der Waals surface area contributed by atoms with Gasteiger partial charge in [-0.15, -0.1) is 0 Å². The highest BCUT2D eigenvalue weighted by Gasteiger charge is 2.15. The Morgan fingerprint density at radius 2 is 1.71 bits per heavy atom. The van der Waals surface area contributed by atoms with Crippen LogP contribution >= 0.6 is 11.6 Å². The average molecular weight is 402 g/mol. The Hall–Kier alpha value is -2.99. The van der Waals surface area contributed by atoms with E-state index in [1.54, 1.807) is 24.3 Å². The minimum absolute atomic E-state index is 0.140. The molecule has 3 rings (SSSR count). The van der Waals surface area contributed by atoms with Crippen molar-refractivity contribution in [1.29, 1.82) is 0 Å². The number of nitrogens with one attached hydrogen (secondary N) is 1. The Morgan fingerprint density at radius 3 is 2.32 bits per heavy atom. The van der Waals surface area contributed by atoms with Crippen LogP contribution in [0.5, 0.6) is 11.5 Å². The first-order valence-electron chi connectivity index (χ1n) is 8.57. The maximum absolute atomic E-state index is 12.6. The lowest BCUT2D eigenvalue weighted by Gasteiger charge is -2.13. The van der Waals surface area contributed by atoms with Gasteiger partial charge in [0.05, 0.1) is 14.2 Å². The van der Waals surface area contributed by atoms with Gasteiger partial charge in [-0.1, -0.05) is 11.6 Å². The predicted octanol–water partition coefficient (Wildman–Crippen LogP) is 4.01. The van der Waals surface area contributed by atoms with Crippen LogP contribution in [0.3, 0.4) is 0 Å². The van der Waals surface area contributed by atoms with Crippen molar-refractivity contribution >= 4 is 28.5 Å². The summed E-state index contributed by atoms with van der Waals surface area (Å²) in [7, 11) is 3.03. The molecule has 0 bridgehead atoms. The zero-order valence-corrected chi connectivity index (χ0v) is 16.8. The molecule has 0 fully saturated rings. The molecule has 1 amide bonds. The van der Waals surface area contributed by atoms with Gasteiger partial charge in [-0.05, 0) is 48.7 Å². The second-order valence-corrected chi connectivity index (χ2v) is 6.76. The van der Waals surface area contributed by atoms with Gasteiger partial charge in [0.1, 0.15) is 17.1 Å². The summed E-state index contributed by atoms with van der Waals surface area (Å²) in [6, 6.07) is 8.00. The van der Waals surface area contributed by atoms with Crippen LogP contribution in [0.4, 0.5) is 0 Å². The third-order valence-corrected chi connectivity index (χ3v) is 5.10. The Kier molecular flexibility index (Phi) is 5.61. The summed E-state index contributed by atoms with van der Waals surface area (Å²) >= 11 is 6.36. The number of carbonyl (C=O) groups excluding carboxylic acids is 1. The van der Waals surface area contributed by atoms with Crippen LogP contribution < -0.4 is 20.4 Å². The van der Waals surface area contributed by atoms with Crippen LogP contribution in [-0.4, -0.2) is 20.1 Å². The summed E-state index contributed by atoms with van der Waals surface area (Å²) in [6.45, 7) is 3.84. The fourth-order valence-electron chi connectivity index (χ4n) is 3.11. The van der Waals surface area contributed by atoms with Crippen LogP contribution in [0.1, 0.15) is 27.0 Å². The van der Waals surface area contributed by atoms with E-state index in [0.29, 0.717) is 33.2 Å². The van der Waals surface area contributed by atoms with Gasteiger partial charge in [0, 0.05) is 34.6 Å². The number of ether oxygens (including phenoxy) is 2. The number of rotatable bonds is 5. The van der Waals surface area contributed by atoms with Gasteiger partial charge in [-0.25, -0.2) is 4.79 Å². The second-order valence-electron chi connectivity index (χ2n) is 6.38. The Bertz CT molecular complexity index is 1100. The molecule has 0 aliphatic heterocycles. The van der Waals surface area contributed by atoms with Crippen LogP contribution in [0, 0.1) is 13.8 Å². The molecule has 1 heterocycles. The number of carbonyl (C=O) groups is 1. The highest BCUT2D eigenvalue weighted by molar-refractivity contribution is 6.33. The van der Waals surface area contributed by atoms with Gasteiger partial charge in [0.2, 0.25) is 0 Å². The number of aryl methyl sites for hydroxylation is 2. The quantitative estimate of drug-likeness (QED) is 0.653. The number of hydrogen-bond donors (Lipinski definition) is 1. The van der Waals surface area contributed by atoms with Crippen molar-refractivity contribution in [2.24, 2.45) is 0 Å². The first-order chi connectivity index (χ1) is 13.3. The molecule has 0 unspecified atom stereocenters. The molecule has 6 nitrogen and oxygen atoms in total. The minimum atomic E-state index is -0.485. The summed E-state index contributed by atoms with van der Waals surface area (Å²) < 4.78 is 15.7. The smallest absolute Gasteiger partial charge is 0.336 e. The van der Waals surface area contributed by atoms with E-state index in [-0.39, 0.29) is 12.5 Å². The lowest BCUT2D eigenvalue weighted by molar-refractivity contribution is 0.0950. The summed E-state index contributed by atoms with van der Waals surface area (Å²) in [5.74, 6) is 0.691. The zero-order valence-electron chi connectivity index (χ0n) is 16.0. The molecule has 1 aromatic heterocycles. The van der Waals surface area contributed by atoms with Gasteiger partial charge in [0.15, 0.2) is 0 Å². The Labute approximate surface area is 167 Å². The first-order valence-corrected chi connectivity index (χ1v) is 8.95. The molecular formula is C21H20ClNO5. The number of halogens is 1. The SMILES string of the molecule is COc1cc(OC)cc(C(=O)NCc2cc(=O)oc3cc(C)c(Cl)c(C)c23)c1. The van der Waals surface area contributed by atoms with Crippen molar-refractivity contribution in [3.63, 3.8) is 0 Å². The molecule has 0 radical (unpaired) electrons. The summed E-state index contributed by atoms with van der Waals surface area (Å²) in [5, 5.41) is 4.15. The Balaban J connectivity index is 1.95. The monoisotopic (exact) mass is 401 g/mol. The number of benzene rings is 2. The average Bonchev–Trinajstić information content (AvgIpc) is 2.69. The Morgan fingerprint density at radius 1 is 1.07 bits per heavy atom. The first kappa shape index (κ1) is 19.8. The molecule has 3 aromatic rings. The standard InChI is InChI=1S/C21H20ClNO5/c1-11-5-17-19(12(2)20(11)22)14(8-18(24)28-17)10-23-21(25)13-6-15(26-3)9-16(7-13)27-4/h5-9H,10H2,1-4H3,(H,23,25). The van der Waals surface area contributed by atoms with Gasteiger partial charge in [-0.3, -0.25) is 4.79 Å². The molecule has 0 aliphatic carbocycles. The van der Waals surface area contributed by atoms with Crippen LogP contribution in [-0.2, 0) is 6.54 Å². The molecule has 28 heavy (non-hydrogen) atoms. The number of methoxy groups -OCH3 is 2. The summed E-state index contributed by atoms with van der Waals surface area (Å²) in [5.41, 5.74) is 2.59. The highest BCUT2D eigenvalue weighted by Crippen LogP contribution is 2.30. The second kappa shape index (κ2) is 7.94. The fraction of sp³-hybridized carbons (Fsp3) is 0.238. The number of amides is 1. The van der Waals surface area contributed by atoms with E-state index in [1.807, 2.05) is 13.8 Å². The van der Waals surface area contributed by atoms with E-state index in [9.17, 15) is 9.59 Å². The highest BCUT2D eigenvalue weighted by atomic mass is 35.5. The van der Waals surface area contributed by atoms with E-state index in [4.69, 9.17) is 25.5 Å². The maximum Gasteiger partial charge on any atom is 0.336 e. The lowest BCUT2D eigenvalue weighted by Crippen LogP contribution is -2.23. The lowest BCUT2D eigenvalue weighted by atomic mass is 10.0. The molecule has 7 heteroatoms. The van der Waals surface area contributed by atoms with Gasteiger partial charge >= 0.3 is 5.63 Å². The minimum Gasteiger partial charge on any atom is -0.497 e. The van der Waals surface area contributed by atoms with Crippen molar-refractivity contribution in [3.05, 3.63) is 68.0 Å². The molecule has 0 saturated heterocycles.